The highest BCUT2D eigenvalue weighted by molar-refractivity contribution is 7.10. The number of nitrogens with one attached hydrogen (secondary N) is 1. The van der Waals surface area contributed by atoms with Crippen LogP contribution < -0.4 is 11.1 Å². The minimum absolute atomic E-state index is 0.0402. The summed E-state index contributed by atoms with van der Waals surface area (Å²) in [5.74, 6) is 0.526. The van der Waals surface area contributed by atoms with Gasteiger partial charge in [-0.15, -0.1) is 11.3 Å². The van der Waals surface area contributed by atoms with E-state index in [1.165, 1.54) is 22.6 Å². The number of nitrogen functional groups attached to an aromatic ring is 1. The van der Waals surface area contributed by atoms with E-state index < -0.39 is 4.92 Å². The Kier molecular flexibility index (Phi) is 3.27. The molecule has 3 N–H and O–H groups in total. The van der Waals surface area contributed by atoms with E-state index in [9.17, 15) is 10.1 Å². The van der Waals surface area contributed by atoms with Crippen molar-refractivity contribution in [1.29, 1.82) is 0 Å². The molecule has 2 aromatic heterocycles. The van der Waals surface area contributed by atoms with Gasteiger partial charge in [-0.3, -0.25) is 10.1 Å². The van der Waals surface area contributed by atoms with Crippen molar-refractivity contribution in [2.45, 2.75) is 25.3 Å². The number of fused-ring (bicyclic) bond motifs is 1. The van der Waals surface area contributed by atoms with Gasteiger partial charge in [0.1, 0.15) is 5.82 Å². The maximum atomic E-state index is 11.1. The molecule has 1 unspecified atom stereocenters. The molecule has 0 bridgehead atoms. The quantitative estimate of drug-likeness (QED) is 0.669. The lowest BCUT2D eigenvalue weighted by atomic mass is 9.94. The van der Waals surface area contributed by atoms with Gasteiger partial charge >= 0.3 is 5.69 Å². The molecule has 1 aliphatic rings. The van der Waals surface area contributed by atoms with E-state index >= 15 is 0 Å². The van der Waals surface area contributed by atoms with Gasteiger partial charge < -0.3 is 11.1 Å². The first-order valence-electron chi connectivity index (χ1n) is 6.39. The second kappa shape index (κ2) is 5.09. The third-order valence-electron chi connectivity index (χ3n) is 3.46. The number of pyridine rings is 1. The summed E-state index contributed by atoms with van der Waals surface area (Å²) >= 11 is 1.73. The first-order chi connectivity index (χ1) is 9.65. The maximum absolute atomic E-state index is 11.1. The van der Waals surface area contributed by atoms with Crippen molar-refractivity contribution < 1.29 is 4.92 Å². The molecule has 2 aromatic rings. The van der Waals surface area contributed by atoms with E-state index in [0.717, 1.165) is 19.3 Å². The van der Waals surface area contributed by atoms with Crippen molar-refractivity contribution >= 4 is 28.7 Å². The third-order valence-corrected chi connectivity index (χ3v) is 4.45. The lowest BCUT2D eigenvalue weighted by Crippen LogP contribution is -2.17. The second-order valence-corrected chi connectivity index (χ2v) is 5.75. The molecule has 0 fully saturated rings. The number of aryl methyl sites for hydroxylation is 1. The number of nitrogens with two attached hydrogens (primary N) is 1. The highest BCUT2D eigenvalue weighted by Crippen LogP contribution is 2.37. The van der Waals surface area contributed by atoms with Crippen LogP contribution in [0.4, 0.5) is 17.3 Å². The van der Waals surface area contributed by atoms with Gasteiger partial charge in [-0.2, -0.15) is 0 Å². The highest BCUT2D eigenvalue weighted by atomic mass is 32.1. The van der Waals surface area contributed by atoms with Crippen LogP contribution in [0.15, 0.2) is 23.6 Å². The smallest absolute Gasteiger partial charge is 0.311 e. The Morgan fingerprint density at radius 2 is 2.30 bits per heavy atom. The molecule has 0 spiro atoms. The number of thiophene rings is 1. The number of nitrogens with zero attached hydrogens (tertiary/aromatic N) is 2. The largest absolute Gasteiger partial charge is 0.384 e. The van der Waals surface area contributed by atoms with Crippen LogP contribution in [0.1, 0.15) is 29.3 Å². The molecule has 7 heteroatoms. The maximum Gasteiger partial charge on any atom is 0.311 e. The van der Waals surface area contributed by atoms with Crippen molar-refractivity contribution in [3.8, 4) is 0 Å². The summed E-state index contributed by atoms with van der Waals surface area (Å²) in [6.45, 7) is 0. The molecule has 0 radical (unpaired) electrons. The molecule has 1 atom stereocenters. The van der Waals surface area contributed by atoms with Gasteiger partial charge in [0.05, 0.1) is 11.0 Å². The molecule has 0 saturated carbocycles. The minimum atomic E-state index is -0.438. The van der Waals surface area contributed by atoms with E-state index in [0.29, 0.717) is 0 Å². The summed E-state index contributed by atoms with van der Waals surface area (Å²) < 4.78 is 0. The molecule has 0 aliphatic heterocycles. The van der Waals surface area contributed by atoms with Crippen LogP contribution in [0.2, 0.25) is 0 Å². The zero-order valence-corrected chi connectivity index (χ0v) is 11.5. The van der Waals surface area contributed by atoms with Crippen molar-refractivity contribution in [3.63, 3.8) is 0 Å². The van der Waals surface area contributed by atoms with Crippen LogP contribution in [-0.2, 0) is 6.42 Å². The van der Waals surface area contributed by atoms with Gasteiger partial charge in [-0.05, 0) is 42.3 Å². The van der Waals surface area contributed by atoms with Crippen molar-refractivity contribution in [1.82, 2.24) is 4.98 Å². The minimum Gasteiger partial charge on any atom is -0.384 e. The predicted molar refractivity (Wildman–Crippen MR) is 78.9 cm³/mol. The molecule has 3 rings (SSSR count). The van der Waals surface area contributed by atoms with Crippen LogP contribution in [0, 0.1) is 10.1 Å². The van der Waals surface area contributed by atoms with Crippen LogP contribution in [0.5, 0.6) is 0 Å². The monoisotopic (exact) mass is 290 g/mol. The summed E-state index contributed by atoms with van der Waals surface area (Å²) in [6, 6.07) is 4.98. The Balaban J connectivity index is 1.93. The van der Waals surface area contributed by atoms with Crippen LogP contribution in [0.25, 0.3) is 0 Å². The van der Waals surface area contributed by atoms with Gasteiger partial charge in [0, 0.05) is 10.9 Å². The summed E-state index contributed by atoms with van der Waals surface area (Å²) in [4.78, 5) is 16.0. The van der Waals surface area contributed by atoms with E-state index in [-0.39, 0.29) is 23.4 Å². The molecule has 0 saturated heterocycles. The number of nitro groups is 1. The van der Waals surface area contributed by atoms with E-state index in [2.05, 4.69) is 21.7 Å². The molecule has 2 heterocycles. The SMILES string of the molecule is Nc1ccc([N+](=O)[O-])c(NC2CCCc3sccc32)n1. The Morgan fingerprint density at radius 1 is 1.45 bits per heavy atom. The Hall–Kier alpha value is -2.15. The lowest BCUT2D eigenvalue weighted by molar-refractivity contribution is -0.384. The standard InChI is InChI=1S/C13H14N4O2S/c14-12-5-4-10(17(18)19)13(16-12)15-9-2-1-3-11-8(9)6-7-20-11/h4-7,9H,1-3H2,(H3,14,15,16). The van der Waals surface area contributed by atoms with Gasteiger partial charge in [-0.25, -0.2) is 4.98 Å². The normalized spacial score (nSPS) is 17.5. The fourth-order valence-corrected chi connectivity index (χ4v) is 3.51. The number of anilines is 2. The molecule has 20 heavy (non-hydrogen) atoms. The Bertz CT molecular complexity index is 656. The van der Waals surface area contributed by atoms with Crippen LogP contribution in [-0.4, -0.2) is 9.91 Å². The topological polar surface area (TPSA) is 94.1 Å². The Morgan fingerprint density at radius 3 is 3.10 bits per heavy atom. The fraction of sp³-hybridized carbons (Fsp3) is 0.308. The van der Waals surface area contributed by atoms with Gasteiger partial charge in [0.25, 0.3) is 0 Å². The zero-order valence-electron chi connectivity index (χ0n) is 10.7. The average Bonchev–Trinajstić information content (AvgIpc) is 2.88. The van der Waals surface area contributed by atoms with Crippen molar-refractivity contribution in [2.75, 3.05) is 11.1 Å². The third kappa shape index (κ3) is 2.32. The van der Waals surface area contributed by atoms with Gasteiger partial charge in [0.15, 0.2) is 0 Å². The van der Waals surface area contributed by atoms with Crippen molar-refractivity contribution in [2.24, 2.45) is 0 Å². The first kappa shape index (κ1) is 12.9. The lowest BCUT2D eigenvalue weighted by Gasteiger charge is -2.24. The van der Waals surface area contributed by atoms with E-state index in [1.807, 2.05) is 0 Å². The summed E-state index contributed by atoms with van der Waals surface area (Å²) in [7, 11) is 0. The molecule has 0 amide bonds. The Labute approximate surface area is 119 Å². The zero-order chi connectivity index (χ0) is 14.1. The number of hydrogen-bond acceptors (Lipinski definition) is 6. The predicted octanol–water partition coefficient (Wildman–Crippen LogP) is 3.12. The summed E-state index contributed by atoms with van der Waals surface area (Å²) in [5, 5.41) is 16.3. The van der Waals surface area contributed by atoms with E-state index in [4.69, 9.17) is 5.73 Å². The molecule has 0 aromatic carbocycles. The van der Waals surface area contributed by atoms with E-state index in [1.54, 1.807) is 11.3 Å². The number of hydrogen-bond donors (Lipinski definition) is 2. The molecular formula is C13H14N4O2S. The van der Waals surface area contributed by atoms with Gasteiger partial charge in [0.2, 0.25) is 5.82 Å². The summed E-state index contributed by atoms with van der Waals surface area (Å²) in [5.41, 5.74) is 6.82. The average molecular weight is 290 g/mol. The fourth-order valence-electron chi connectivity index (χ4n) is 2.52. The number of aromatic nitrogens is 1. The van der Waals surface area contributed by atoms with Crippen LogP contribution >= 0.6 is 11.3 Å². The van der Waals surface area contributed by atoms with Crippen LogP contribution in [0.3, 0.4) is 0 Å². The molecule has 1 aliphatic carbocycles. The molecular weight excluding hydrogens is 276 g/mol. The first-order valence-corrected chi connectivity index (χ1v) is 7.27. The summed E-state index contributed by atoms with van der Waals surface area (Å²) in [6.07, 6.45) is 3.09. The highest BCUT2D eigenvalue weighted by Gasteiger charge is 2.24. The van der Waals surface area contributed by atoms with Gasteiger partial charge in [-0.1, -0.05) is 0 Å². The molecule has 6 nitrogen and oxygen atoms in total. The second-order valence-electron chi connectivity index (χ2n) is 4.75. The van der Waals surface area contributed by atoms with Crippen molar-refractivity contribution in [3.05, 3.63) is 44.1 Å². The number of rotatable bonds is 3. The molecule has 104 valence electrons.